The van der Waals surface area contributed by atoms with E-state index in [9.17, 15) is 4.79 Å². The maximum absolute atomic E-state index is 11.9. The van der Waals surface area contributed by atoms with Gasteiger partial charge in [0.1, 0.15) is 5.82 Å². The molecule has 1 amide bonds. The molecule has 1 aromatic heterocycles. The van der Waals surface area contributed by atoms with Crippen LogP contribution in [0, 0.1) is 6.92 Å². The lowest BCUT2D eigenvalue weighted by atomic mass is 10.1. The summed E-state index contributed by atoms with van der Waals surface area (Å²) in [7, 11) is 4.07. The second-order valence-corrected chi connectivity index (χ2v) is 6.05. The van der Waals surface area contributed by atoms with E-state index < -0.39 is 0 Å². The highest BCUT2D eigenvalue weighted by Crippen LogP contribution is 2.18. The summed E-state index contributed by atoms with van der Waals surface area (Å²) < 4.78 is 0. The molecule has 0 spiro atoms. The molecular formula is C19H26N4O. The maximum Gasteiger partial charge on any atom is 0.252 e. The van der Waals surface area contributed by atoms with Crippen LogP contribution in [0.2, 0.25) is 0 Å². The quantitative estimate of drug-likeness (QED) is 0.820. The number of pyridine rings is 1. The number of aromatic nitrogens is 1. The minimum atomic E-state index is -0.0778. The fourth-order valence-electron chi connectivity index (χ4n) is 2.32. The molecule has 0 aliphatic heterocycles. The van der Waals surface area contributed by atoms with Crippen LogP contribution in [0.3, 0.4) is 0 Å². The van der Waals surface area contributed by atoms with Crippen LogP contribution in [0.4, 0.5) is 11.5 Å². The predicted molar refractivity (Wildman–Crippen MR) is 99.7 cm³/mol. The Labute approximate surface area is 144 Å². The molecule has 1 heterocycles. The topological polar surface area (TPSA) is 57.3 Å². The lowest BCUT2D eigenvalue weighted by Crippen LogP contribution is -2.24. The van der Waals surface area contributed by atoms with Gasteiger partial charge in [-0.15, -0.1) is 0 Å². The highest BCUT2D eigenvalue weighted by molar-refractivity contribution is 5.94. The Kier molecular flexibility index (Phi) is 6.18. The minimum Gasteiger partial charge on any atom is -0.378 e. The molecule has 0 radical (unpaired) electrons. The van der Waals surface area contributed by atoms with E-state index in [1.165, 1.54) is 16.8 Å². The Bertz CT molecular complexity index is 680. The van der Waals surface area contributed by atoms with Gasteiger partial charge >= 0.3 is 0 Å². The second-order valence-electron chi connectivity index (χ2n) is 6.05. The summed E-state index contributed by atoms with van der Waals surface area (Å²) in [4.78, 5) is 18.3. The van der Waals surface area contributed by atoms with E-state index in [4.69, 9.17) is 0 Å². The average molecular weight is 326 g/mol. The standard InChI is InChI=1S/C19H26N4O/c1-5-10-20-19(24)16-7-9-18(22-13-16)21-12-15-6-8-17(23(3)4)11-14(15)2/h6-9,11,13H,5,10,12H2,1-4H3,(H,20,24)(H,21,22). The van der Waals surface area contributed by atoms with E-state index in [1.807, 2.05) is 27.1 Å². The molecule has 0 saturated carbocycles. The first kappa shape index (κ1) is 17.8. The van der Waals surface area contributed by atoms with Gasteiger partial charge in [-0.1, -0.05) is 13.0 Å². The molecule has 0 atom stereocenters. The van der Waals surface area contributed by atoms with E-state index in [2.05, 4.69) is 45.6 Å². The van der Waals surface area contributed by atoms with Crippen LogP contribution >= 0.6 is 0 Å². The van der Waals surface area contributed by atoms with Crippen molar-refractivity contribution in [3.63, 3.8) is 0 Å². The molecule has 0 saturated heterocycles. The molecule has 0 aliphatic rings. The first-order valence-corrected chi connectivity index (χ1v) is 8.26. The number of hydrogen-bond acceptors (Lipinski definition) is 4. The lowest BCUT2D eigenvalue weighted by Gasteiger charge is -2.15. The van der Waals surface area contributed by atoms with Crippen molar-refractivity contribution in [3.05, 3.63) is 53.2 Å². The highest BCUT2D eigenvalue weighted by Gasteiger charge is 2.06. The number of carbonyl (C=O) groups excluding carboxylic acids is 1. The van der Waals surface area contributed by atoms with Gasteiger partial charge in [0.15, 0.2) is 0 Å². The third-order valence-electron chi connectivity index (χ3n) is 3.86. The van der Waals surface area contributed by atoms with Crippen molar-refractivity contribution in [1.82, 2.24) is 10.3 Å². The van der Waals surface area contributed by atoms with Gasteiger partial charge < -0.3 is 15.5 Å². The van der Waals surface area contributed by atoms with Gasteiger partial charge in [-0.05, 0) is 48.7 Å². The van der Waals surface area contributed by atoms with Gasteiger partial charge in [-0.3, -0.25) is 4.79 Å². The summed E-state index contributed by atoms with van der Waals surface area (Å²) in [6.07, 6.45) is 2.53. The van der Waals surface area contributed by atoms with Gasteiger partial charge in [-0.2, -0.15) is 0 Å². The van der Waals surface area contributed by atoms with Crippen molar-refractivity contribution in [3.8, 4) is 0 Å². The summed E-state index contributed by atoms with van der Waals surface area (Å²) in [6.45, 7) is 5.52. The fraction of sp³-hybridized carbons (Fsp3) is 0.368. The largest absolute Gasteiger partial charge is 0.378 e. The number of amides is 1. The molecule has 2 N–H and O–H groups in total. The molecule has 2 aromatic rings. The second kappa shape index (κ2) is 8.34. The zero-order valence-electron chi connectivity index (χ0n) is 14.9. The fourth-order valence-corrected chi connectivity index (χ4v) is 2.32. The van der Waals surface area contributed by atoms with Crippen LogP contribution < -0.4 is 15.5 Å². The summed E-state index contributed by atoms with van der Waals surface area (Å²) in [5.41, 5.74) is 4.24. The zero-order chi connectivity index (χ0) is 17.5. The number of hydrogen-bond donors (Lipinski definition) is 2. The highest BCUT2D eigenvalue weighted by atomic mass is 16.1. The summed E-state index contributed by atoms with van der Waals surface area (Å²) >= 11 is 0. The smallest absolute Gasteiger partial charge is 0.252 e. The number of benzene rings is 1. The molecule has 0 unspecified atom stereocenters. The summed E-state index contributed by atoms with van der Waals surface area (Å²) in [5, 5.41) is 6.15. The maximum atomic E-state index is 11.9. The van der Waals surface area contributed by atoms with E-state index in [0.717, 1.165) is 12.2 Å². The molecule has 0 fully saturated rings. The summed E-state index contributed by atoms with van der Waals surface area (Å²) in [5.74, 6) is 0.684. The first-order valence-electron chi connectivity index (χ1n) is 8.26. The molecule has 24 heavy (non-hydrogen) atoms. The van der Waals surface area contributed by atoms with Crippen molar-refractivity contribution >= 4 is 17.4 Å². The van der Waals surface area contributed by atoms with Crippen molar-refractivity contribution in [2.75, 3.05) is 30.9 Å². The van der Waals surface area contributed by atoms with Crippen LogP contribution in [-0.2, 0) is 6.54 Å². The van der Waals surface area contributed by atoms with Crippen molar-refractivity contribution in [2.45, 2.75) is 26.8 Å². The van der Waals surface area contributed by atoms with Crippen LogP contribution in [0.5, 0.6) is 0 Å². The van der Waals surface area contributed by atoms with E-state index in [0.29, 0.717) is 18.7 Å². The Morgan fingerprint density at radius 2 is 2.00 bits per heavy atom. The van der Waals surface area contributed by atoms with Gasteiger partial charge in [-0.25, -0.2) is 4.98 Å². The average Bonchev–Trinajstić information content (AvgIpc) is 2.58. The Morgan fingerprint density at radius 3 is 2.58 bits per heavy atom. The van der Waals surface area contributed by atoms with Gasteiger partial charge in [0, 0.05) is 39.1 Å². The van der Waals surface area contributed by atoms with Gasteiger partial charge in [0.2, 0.25) is 0 Å². The monoisotopic (exact) mass is 326 g/mol. The Morgan fingerprint density at radius 1 is 1.21 bits per heavy atom. The molecule has 0 bridgehead atoms. The Hall–Kier alpha value is -2.56. The number of rotatable bonds is 7. The van der Waals surface area contributed by atoms with E-state index >= 15 is 0 Å². The van der Waals surface area contributed by atoms with Crippen LogP contribution in [0.25, 0.3) is 0 Å². The van der Waals surface area contributed by atoms with Crippen LogP contribution in [-0.4, -0.2) is 31.5 Å². The molecule has 128 valence electrons. The van der Waals surface area contributed by atoms with Crippen molar-refractivity contribution < 1.29 is 4.79 Å². The lowest BCUT2D eigenvalue weighted by molar-refractivity contribution is 0.0953. The molecule has 1 aromatic carbocycles. The minimum absolute atomic E-state index is 0.0778. The van der Waals surface area contributed by atoms with Crippen molar-refractivity contribution in [2.24, 2.45) is 0 Å². The zero-order valence-corrected chi connectivity index (χ0v) is 14.9. The van der Waals surface area contributed by atoms with Crippen molar-refractivity contribution in [1.29, 1.82) is 0 Å². The SMILES string of the molecule is CCCNC(=O)c1ccc(NCc2ccc(N(C)C)cc2C)nc1. The predicted octanol–water partition coefficient (Wildman–Crippen LogP) is 3.21. The number of anilines is 2. The summed E-state index contributed by atoms with van der Waals surface area (Å²) in [6, 6.07) is 10.0. The Balaban J connectivity index is 1.96. The first-order chi connectivity index (χ1) is 11.5. The van der Waals surface area contributed by atoms with Gasteiger partial charge in [0.05, 0.1) is 5.56 Å². The number of carbonyl (C=O) groups is 1. The number of nitrogens with one attached hydrogen (secondary N) is 2. The number of nitrogens with zero attached hydrogens (tertiary/aromatic N) is 2. The molecular weight excluding hydrogens is 300 g/mol. The van der Waals surface area contributed by atoms with E-state index in [1.54, 1.807) is 12.3 Å². The van der Waals surface area contributed by atoms with Gasteiger partial charge in [0.25, 0.3) is 5.91 Å². The third kappa shape index (κ3) is 4.72. The molecule has 5 nitrogen and oxygen atoms in total. The van der Waals surface area contributed by atoms with Crippen LogP contribution in [0.1, 0.15) is 34.8 Å². The number of aryl methyl sites for hydroxylation is 1. The molecule has 0 aliphatic carbocycles. The molecule has 2 rings (SSSR count). The molecule has 5 heteroatoms. The normalized spacial score (nSPS) is 10.3. The third-order valence-corrected chi connectivity index (χ3v) is 3.86. The van der Waals surface area contributed by atoms with Crippen LogP contribution in [0.15, 0.2) is 36.5 Å². The van der Waals surface area contributed by atoms with E-state index in [-0.39, 0.29) is 5.91 Å².